The number of Topliss-reactive ketones (excluding diaryl/α,β-unsaturated/α-hetero) is 1. The summed E-state index contributed by atoms with van der Waals surface area (Å²) in [5, 5.41) is 0. The molecule has 0 aromatic rings. The molecular formula is C10H16O2. The first-order chi connectivity index (χ1) is 5.83. The van der Waals surface area contributed by atoms with Crippen LogP contribution in [-0.2, 0) is 9.53 Å². The van der Waals surface area contributed by atoms with E-state index in [0.29, 0.717) is 18.9 Å². The average molecular weight is 168 g/mol. The van der Waals surface area contributed by atoms with Crippen LogP contribution in [0.1, 0.15) is 32.1 Å². The van der Waals surface area contributed by atoms with Gasteiger partial charge in [0.2, 0.25) is 0 Å². The topological polar surface area (TPSA) is 26.3 Å². The van der Waals surface area contributed by atoms with Gasteiger partial charge in [-0.1, -0.05) is 6.08 Å². The first kappa shape index (κ1) is 9.46. The van der Waals surface area contributed by atoms with E-state index in [1.807, 2.05) is 0 Å². The van der Waals surface area contributed by atoms with E-state index < -0.39 is 0 Å². The number of carbonyl (C=O) groups is 1. The number of carbonyl (C=O) groups excluding carboxylic acids is 1. The summed E-state index contributed by atoms with van der Waals surface area (Å²) in [4.78, 5) is 11.1. The molecule has 1 heterocycles. The molecule has 0 radical (unpaired) electrons. The highest BCUT2D eigenvalue weighted by Crippen LogP contribution is 2.17. The highest BCUT2D eigenvalue weighted by atomic mass is 16.5. The van der Waals surface area contributed by atoms with Crippen LogP contribution in [0.25, 0.3) is 0 Å². The highest BCUT2D eigenvalue weighted by Gasteiger charge is 2.15. The van der Waals surface area contributed by atoms with Crippen LogP contribution in [0.3, 0.4) is 0 Å². The fourth-order valence-corrected chi connectivity index (χ4v) is 1.46. The van der Waals surface area contributed by atoms with Gasteiger partial charge in [-0.15, -0.1) is 6.58 Å². The van der Waals surface area contributed by atoms with Crippen molar-refractivity contribution in [2.45, 2.75) is 38.2 Å². The number of ketones is 1. The molecule has 0 aliphatic carbocycles. The van der Waals surface area contributed by atoms with Crippen molar-refractivity contribution in [2.24, 2.45) is 0 Å². The van der Waals surface area contributed by atoms with Crippen molar-refractivity contribution in [2.75, 3.05) is 6.61 Å². The van der Waals surface area contributed by atoms with Crippen molar-refractivity contribution >= 4 is 5.78 Å². The van der Waals surface area contributed by atoms with Crippen molar-refractivity contribution in [1.82, 2.24) is 0 Å². The van der Waals surface area contributed by atoms with E-state index in [1.165, 1.54) is 0 Å². The molecule has 0 aromatic heterocycles. The second-order valence-electron chi connectivity index (χ2n) is 3.21. The molecule has 1 aliphatic rings. The van der Waals surface area contributed by atoms with E-state index in [4.69, 9.17) is 4.74 Å². The zero-order valence-corrected chi connectivity index (χ0v) is 7.42. The lowest BCUT2D eigenvalue weighted by Crippen LogP contribution is -2.07. The van der Waals surface area contributed by atoms with Gasteiger partial charge in [0.05, 0.1) is 6.10 Å². The smallest absolute Gasteiger partial charge is 0.136 e. The summed E-state index contributed by atoms with van der Waals surface area (Å²) in [5.41, 5.74) is 0. The van der Waals surface area contributed by atoms with Gasteiger partial charge in [-0.05, 0) is 19.3 Å². The number of rotatable bonds is 5. The summed E-state index contributed by atoms with van der Waals surface area (Å²) in [5.74, 6) is 0.278. The Balaban J connectivity index is 2.07. The summed E-state index contributed by atoms with van der Waals surface area (Å²) in [6.07, 6.45) is 6.34. The standard InChI is InChI=1S/C10H16O2/c1-2-4-9(11)6-7-10-5-3-8-12-10/h2,10H,1,3-8H2. The fourth-order valence-electron chi connectivity index (χ4n) is 1.46. The summed E-state index contributed by atoms with van der Waals surface area (Å²) in [7, 11) is 0. The van der Waals surface area contributed by atoms with Crippen LogP contribution in [0, 0.1) is 0 Å². The van der Waals surface area contributed by atoms with Crippen molar-refractivity contribution in [3.05, 3.63) is 12.7 Å². The van der Waals surface area contributed by atoms with Crippen LogP contribution in [0.15, 0.2) is 12.7 Å². The molecule has 0 N–H and O–H groups in total. The average Bonchev–Trinajstić information content (AvgIpc) is 2.53. The van der Waals surface area contributed by atoms with Gasteiger partial charge in [-0.3, -0.25) is 4.79 Å². The molecular weight excluding hydrogens is 152 g/mol. The van der Waals surface area contributed by atoms with Gasteiger partial charge in [0.1, 0.15) is 5.78 Å². The quantitative estimate of drug-likeness (QED) is 0.587. The third-order valence-electron chi connectivity index (χ3n) is 2.14. The van der Waals surface area contributed by atoms with Gasteiger partial charge in [0.25, 0.3) is 0 Å². The molecule has 1 unspecified atom stereocenters. The molecule has 1 saturated heterocycles. The molecule has 1 fully saturated rings. The third kappa shape index (κ3) is 3.18. The maximum Gasteiger partial charge on any atom is 0.136 e. The van der Waals surface area contributed by atoms with Crippen LogP contribution in [0.5, 0.6) is 0 Å². The van der Waals surface area contributed by atoms with Crippen molar-refractivity contribution in [3.63, 3.8) is 0 Å². The van der Waals surface area contributed by atoms with E-state index in [9.17, 15) is 4.79 Å². The third-order valence-corrected chi connectivity index (χ3v) is 2.14. The predicted octanol–water partition coefficient (Wildman–Crippen LogP) is 2.09. The lowest BCUT2D eigenvalue weighted by molar-refractivity contribution is -0.118. The van der Waals surface area contributed by atoms with E-state index in [2.05, 4.69) is 6.58 Å². The fraction of sp³-hybridized carbons (Fsp3) is 0.700. The van der Waals surface area contributed by atoms with Gasteiger partial charge in [-0.25, -0.2) is 0 Å². The minimum Gasteiger partial charge on any atom is -0.378 e. The lowest BCUT2D eigenvalue weighted by Gasteiger charge is -2.06. The van der Waals surface area contributed by atoms with Gasteiger partial charge >= 0.3 is 0 Å². The Labute approximate surface area is 73.6 Å². The monoisotopic (exact) mass is 168 g/mol. The van der Waals surface area contributed by atoms with Crippen LogP contribution < -0.4 is 0 Å². The molecule has 1 atom stereocenters. The Kier molecular flexibility index (Phi) is 4.01. The molecule has 2 nitrogen and oxygen atoms in total. The maximum atomic E-state index is 11.1. The molecule has 0 amide bonds. The summed E-state index contributed by atoms with van der Waals surface area (Å²) >= 11 is 0. The molecule has 0 bridgehead atoms. The predicted molar refractivity (Wildman–Crippen MR) is 48.0 cm³/mol. The lowest BCUT2D eigenvalue weighted by atomic mass is 10.1. The Morgan fingerprint density at radius 2 is 2.50 bits per heavy atom. The van der Waals surface area contributed by atoms with Gasteiger partial charge in [-0.2, -0.15) is 0 Å². The van der Waals surface area contributed by atoms with Gasteiger partial charge < -0.3 is 4.74 Å². The van der Waals surface area contributed by atoms with E-state index in [0.717, 1.165) is 25.9 Å². The first-order valence-corrected chi connectivity index (χ1v) is 4.57. The Morgan fingerprint density at radius 3 is 3.08 bits per heavy atom. The highest BCUT2D eigenvalue weighted by molar-refractivity contribution is 5.79. The molecule has 12 heavy (non-hydrogen) atoms. The van der Waals surface area contributed by atoms with Gasteiger partial charge in [0.15, 0.2) is 0 Å². The summed E-state index contributed by atoms with van der Waals surface area (Å²) < 4.78 is 5.40. The maximum absolute atomic E-state index is 11.1. The van der Waals surface area contributed by atoms with E-state index in [-0.39, 0.29) is 5.78 Å². The molecule has 0 aromatic carbocycles. The normalized spacial score (nSPS) is 22.5. The molecule has 0 saturated carbocycles. The van der Waals surface area contributed by atoms with E-state index >= 15 is 0 Å². The largest absolute Gasteiger partial charge is 0.378 e. The zero-order chi connectivity index (χ0) is 8.81. The van der Waals surface area contributed by atoms with Crippen LogP contribution in [-0.4, -0.2) is 18.5 Å². The molecule has 2 heteroatoms. The van der Waals surface area contributed by atoms with Crippen molar-refractivity contribution in [3.8, 4) is 0 Å². The van der Waals surface area contributed by atoms with Crippen LogP contribution in [0.4, 0.5) is 0 Å². The van der Waals surface area contributed by atoms with Gasteiger partial charge in [0, 0.05) is 19.4 Å². The minimum absolute atomic E-state index is 0.278. The van der Waals surface area contributed by atoms with Crippen LogP contribution >= 0.6 is 0 Å². The van der Waals surface area contributed by atoms with E-state index in [1.54, 1.807) is 6.08 Å². The first-order valence-electron chi connectivity index (χ1n) is 4.57. The summed E-state index contributed by atoms with van der Waals surface area (Å²) in [6, 6.07) is 0. The second kappa shape index (κ2) is 5.09. The number of hydrogen-bond acceptors (Lipinski definition) is 2. The number of hydrogen-bond donors (Lipinski definition) is 0. The Hall–Kier alpha value is -0.630. The Morgan fingerprint density at radius 1 is 1.67 bits per heavy atom. The molecule has 1 rings (SSSR count). The van der Waals surface area contributed by atoms with Crippen LogP contribution in [0.2, 0.25) is 0 Å². The SMILES string of the molecule is C=CCC(=O)CCC1CCCO1. The second-order valence-corrected chi connectivity index (χ2v) is 3.21. The number of allylic oxidation sites excluding steroid dienone is 1. The molecule has 1 aliphatic heterocycles. The summed E-state index contributed by atoms with van der Waals surface area (Å²) in [6.45, 7) is 4.40. The van der Waals surface area contributed by atoms with Crippen molar-refractivity contribution < 1.29 is 9.53 Å². The number of ether oxygens (including phenoxy) is 1. The minimum atomic E-state index is 0.278. The molecule has 0 spiro atoms. The van der Waals surface area contributed by atoms with Crippen molar-refractivity contribution in [1.29, 1.82) is 0 Å². The zero-order valence-electron chi connectivity index (χ0n) is 7.42. The Bertz CT molecular complexity index is 157. The molecule has 68 valence electrons.